The molecule has 0 aliphatic heterocycles. The topological polar surface area (TPSA) is 97.6 Å². The molecule has 0 aliphatic carbocycles. The van der Waals surface area contributed by atoms with Crippen LogP contribution in [0.2, 0.25) is 0 Å². The summed E-state index contributed by atoms with van der Waals surface area (Å²) in [5.41, 5.74) is 3.60. The fourth-order valence-corrected chi connectivity index (χ4v) is 2.55. The van der Waals surface area contributed by atoms with Gasteiger partial charge >= 0.3 is 5.97 Å². The van der Waals surface area contributed by atoms with E-state index >= 15 is 0 Å². The average Bonchev–Trinajstić information content (AvgIpc) is 3.00. The smallest absolute Gasteiger partial charge is 0.310 e. The van der Waals surface area contributed by atoms with E-state index in [1.54, 1.807) is 13.8 Å². The van der Waals surface area contributed by atoms with Crippen molar-refractivity contribution in [1.29, 1.82) is 0 Å². The molecule has 7 heteroatoms. The van der Waals surface area contributed by atoms with Crippen molar-refractivity contribution in [3.05, 3.63) is 35.1 Å². The molecule has 2 rings (SSSR count). The highest BCUT2D eigenvalue weighted by atomic mass is 16.5. The number of ether oxygens (including phenoxy) is 1. The van der Waals surface area contributed by atoms with Crippen LogP contribution in [0.4, 0.5) is 0 Å². The number of furan rings is 1. The van der Waals surface area contributed by atoms with E-state index in [9.17, 15) is 14.4 Å². The molecule has 0 saturated heterocycles. The van der Waals surface area contributed by atoms with Crippen LogP contribution >= 0.6 is 0 Å². The minimum Gasteiger partial charge on any atom is -0.464 e. The van der Waals surface area contributed by atoms with Gasteiger partial charge in [-0.2, -0.15) is 0 Å². The highest BCUT2D eigenvalue weighted by Gasteiger charge is 2.17. The fraction of sp³-hybridized carbons (Fsp3) is 0.421. The lowest BCUT2D eigenvalue weighted by Gasteiger charge is -2.13. The van der Waals surface area contributed by atoms with Gasteiger partial charge in [-0.1, -0.05) is 12.1 Å². The number of nitrogens with one attached hydrogen (secondary N) is 2. The monoisotopic (exact) mass is 360 g/mol. The molecule has 7 nitrogen and oxygen atoms in total. The zero-order valence-electron chi connectivity index (χ0n) is 15.5. The van der Waals surface area contributed by atoms with Gasteiger partial charge in [-0.05, 0) is 38.8 Å². The van der Waals surface area contributed by atoms with E-state index in [1.807, 2.05) is 26.0 Å². The van der Waals surface area contributed by atoms with Crippen LogP contribution in [0.25, 0.3) is 11.0 Å². The van der Waals surface area contributed by atoms with E-state index in [2.05, 4.69) is 10.6 Å². The first-order valence-electron chi connectivity index (χ1n) is 8.52. The van der Waals surface area contributed by atoms with Crippen molar-refractivity contribution in [2.75, 3.05) is 13.2 Å². The Hall–Kier alpha value is -2.83. The molecule has 1 atom stereocenters. The number of likely N-dealkylation sites (N-methyl/N-ethyl adjacent to an activating group) is 1. The number of benzene rings is 1. The molecule has 26 heavy (non-hydrogen) atoms. The predicted octanol–water partition coefficient (Wildman–Crippen LogP) is 1.78. The van der Waals surface area contributed by atoms with Gasteiger partial charge in [-0.3, -0.25) is 14.4 Å². The van der Waals surface area contributed by atoms with Crippen molar-refractivity contribution < 1.29 is 23.5 Å². The van der Waals surface area contributed by atoms with E-state index in [-0.39, 0.29) is 12.3 Å². The maximum Gasteiger partial charge on any atom is 0.310 e. The van der Waals surface area contributed by atoms with Crippen LogP contribution in [-0.4, -0.2) is 37.0 Å². The standard InChI is InChI=1S/C19H24N2O5/c1-5-20-19(24)13(4)21-16(22)10-25-17(23)8-14-9-26-18-12(3)11(2)6-7-15(14)18/h6-7,9,13H,5,8,10H2,1-4H3,(H,20,24)(H,21,22)/t13-/m0/s1. The third-order valence-corrected chi connectivity index (χ3v) is 4.16. The minimum atomic E-state index is -0.690. The van der Waals surface area contributed by atoms with Gasteiger partial charge in [0.05, 0.1) is 12.7 Å². The van der Waals surface area contributed by atoms with Crippen LogP contribution in [0.3, 0.4) is 0 Å². The predicted molar refractivity (Wildman–Crippen MR) is 96.6 cm³/mol. The number of esters is 1. The molecular weight excluding hydrogens is 336 g/mol. The number of rotatable bonds is 7. The van der Waals surface area contributed by atoms with Gasteiger partial charge in [0.25, 0.3) is 5.91 Å². The lowest BCUT2D eigenvalue weighted by Crippen LogP contribution is -2.46. The highest BCUT2D eigenvalue weighted by molar-refractivity contribution is 5.90. The Balaban J connectivity index is 1.88. The Bertz CT molecular complexity index is 825. The van der Waals surface area contributed by atoms with Gasteiger partial charge in [0.2, 0.25) is 5.91 Å². The Morgan fingerprint density at radius 1 is 1.23 bits per heavy atom. The summed E-state index contributed by atoms with van der Waals surface area (Å²) >= 11 is 0. The fourth-order valence-electron chi connectivity index (χ4n) is 2.55. The van der Waals surface area contributed by atoms with Gasteiger partial charge < -0.3 is 19.8 Å². The van der Waals surface area contributed by atoms with Gasteiger partial charge in [0.15, 0.2) is 6.61 Å². The van der Waals surface area contributed by atoms with Gasteiger partial charge in [-0.15, -0.1) is 0 Å². The summed E-state index contributed by atoms with van der Waals surface area (Å²) in [6, 6.07) is 3.19. The molecule has 0 fully saturated rings. The Morgan fingerprint density at radius 2 is 1.96 bits per heavy atom. The normalized spacial score (nSPS) is 11.8. The molecule has 140 valence electrons. The van der Waals surface area contributed by atoms with Crippen LogP contribution in [0.5, 0.6) is 0 Å². The SMILES string of the molecule is CCNC(=O)[C@H](C)NC(=O)COC(=O)Cc1coc2c(C)c(C)ccc12. The summed E-state index contributed by atoms with van der Waals surface area (Å²) in [6.07, 6.45) is 1.55. The van der Waals surface area contributed by atoms with Crippen LogP contribution < -0.4 is 10.6 Å². The second kappa shape index (κ2) is 8.51. The van der Waals surface area contributed by atoms with Gasteiger partial charge in [0.1, 0.15) is 11.6 Å². The van der Waals surface area contributed by atoms with Gasteiger partial charge in [0, 0.05) is 17.5 Å². The van der Waals surface area contributed by atoms with Crippen molar-refractivity contribution in [1.82, 2.24) is 10.6 Å². The number of carbonyl (C=O) groups excluding carboxylic acids is 3. The molecule has 1 aromatic heterocycles. The van der Waals surface area contributed by atoms with E-state index in [0.29, 0.717) is 12.1 Å². The molecule has 0 aliphatic rings. The summed E-state index contributed by atoms with van der Waals surface area (Å²) in [4.78, 5) is 35.3. The maximum atomic E-state index is 12.0. The lowest BCUT2D eigenvalue weighted by atomic mass is 10.0. The van der Waals surface area contributed by atoms with E-state index in [4.69, 9.17) is 9.15 Å². The van der Waals surface area contributed by atoms with Crippen molar-refractivity contribution in [2.45, 2.75) is 40.2 Å². The quantitative estimate of drug-likeness (QED) is 0.734. The van der Waals surface area contributed by atoms with E-state index < -0.39 is 24.5 Å². The first kappa shape index (κ1) is 19.5. The number of aryl methyl sites for hydroxylation is 2. The minimum absolute atomic E-state index is 0.00859. The zero-order valence-corrected chi connectivity index (χ0v) is 15.5. The Morgan fingerprint density at radius 3 is 2.65 bits per heavy atom. The molecular formula is C19H24N2O5. The molecule has 0 bridgehead atoms. The molecule has 2 N–H and O–H groups in total. The number of hydrogen-bond acceptors (Lipinski definition) is 5. The number of carbonyl (C=O) groups is 3. The highest BCUT2D eigenvalue weighted by Crippen LogP contribution is 2.26. The summed E-state index contributed by atoms with van der Waals surface area (Å²) < 4.78 is 10.6. The van der Waals surface area contributed by atoms with Crippen LogP contribution in [0.1, 0.15) is 30.5 Å². The van der Waals surface area contributed by atoms with Crippen molar-refractivity contribution in [2.24, 2.45) is 0 Å². The van der Waals surface area contributed by atoms with Crippen molar-refractivity contribution in [3.8, 4) is 0 Å². The number of amides is 2. The van der Waals surface area contributed by atoms with Crippen molar-refractivity contribution >= 4 is 28.8 Å². The summed E-state index contributed by atoms with van der Waals surface area (Å²) in [5.74, 6) is -1.35. The third kappa shape index (κ3) is 4.62. The Kier molecular flexibility index (Phi) is 6.38. The number of fused-ring (bicyclic) bond motifs is 1. The molecule has 1 heterocycles. The molecule has 0 unspecified atom stereocenters. The molecule has 1 aromatic carbocycles. The first-order chi connectivity index (χ1) is 12.3. The number of hydrogen-bond donors (Lipinski definition) is 2. The van der Waals surface area contributed by atoms with Crippen molar-refractivity contribution in [3.63, 3.8) is 0 Å². The molecule has 0 spiro atoms. The van der Waals surface area contributed by atoms with Gasteiger partial charge in [-0.25, -0.2) is 0 Å². The summed E-state index contributed by atoms with van der Waals surface area (Å²) in [6.45, 7) is 7.35. The van der Waals surface area contributed by atoms with E-state index in [0.717, 1.165) is 22.1 Å². The van der Waals surface area contributed by atoms with Crippen LogP contribution in [-0.2, 0) is 25.5 Å². The largest absolute Gasteiger partial charge is 0.464 e. The summed E-state index contributed by atoms with van der Waals surface area (Å²) in [5, 5.41) is 5.93. The Labute approximate surface area is 152 Å². The second-order valence-electron chi connectivity index (χ2n) is 6.17. The lowest BCUT2D eigenvalue weighted by molar-refractivity contribution is -0.148. The summed E-state index contributed by atoms with van der Waals surface area (Å²) in [7, 11) is 0. The van der Waals surface area contributed by atoms with Crippen LogP contribution in [0.15, 0.2) is 22.8 Å². The third-order valence-electron chi connectivity index (χ3n) is 4.16. The molecule has 0 radical (unpaired) electrons. The van der Waals surface area contributed by atoms with E-state index in [1.165, 1.54) is 6.26 Å². The molecule has 2 amide bonds. The molecule has 2 aromatic rings. The zero-order chi connectivity index (χ0) is 19.3. The van der Waals surface area contributed by atoms with Crippen LogP contribution in [0, 0.1) is 13.8 Å². The second-order valence-corrected chi connectivity index (χ2v) is 6.17. The molecule has 0 saturated carbocycles. The maximum absolute atomic E-state index is 12.0. The first-order valence-corrected chi connectivity index (χ1v) is 8.52. The average molecular weight is 360 g/mol.